The average molecular weight is 556 g/mol. The normalized spacial score (nSPS) is 26.6. The van der Waals surface area contributed by atoms with Crippen LogP contribution in [-0.4, -0.2) is 101 Å². The quantitative estimate of drug-likeness (QED) is 0.582. The Labute approximate surface area is 231 Å². The van der Waals surface area contributed by atoms with Gasteiger partial charge in [-0.3, -0.25) is 9.59 Å². The number of phenols is 1. The predicted molar refractivity (Wildman–Crippen MR) is 145 cm³/mol. The number of likely N-dealkylation sites (N-methyl/N-ethyl adjacent to an activating group) is 1. The van der Waals surface area contributed by atoms with E-state index in [1.165, 1.54) is 24.3 Å². The van der Waals surface area contributed by atoms with Gasteiger partial charge in [-0.05, 0) is 44.5 Å². The van der Waals surface area contributed by atoms with Crippen LogP contribution in [-0.2, 0) is 4.79 Å². The molecule has 4 aliphatic rings. The first-order chi connectivity index (χ1) is 18.6. The van der Waals surface area contributed by atoms with Gasteiger partial charge in [-0.2, -0.15) is 0 Å². The van der Waals surface area contributed by atoms with Crippen LogP contribution >= 0.6 is 11.6 Å². The van der Waals surface area contributed by atoms with E-state index in [2.05, 4.69) is 30.4 Å². The van der Waals surface area contributed by atoms with Gasteiger partial charge in [0.15, 0.2) is 5.75 Å². The third kappa shape index (κ3) is 3.95. The van der Waals surface area contributed by atoms with Crippen molar-refractivity contribution in [1.82, 2.24) is 19.7 Å². The van der Waals surface area contributed by atoms with E-state index in [0.717, 1.165) is 19.5 Å². The number of nitrogens with zero attached hydrogens (tertiary/aromatic N) is 5. The minimum atomic E-state index is -0.683. The number of benzene rings is 1. The molecule has 1 aromatic carbocycles. The van der Waals surface area contributed by atoms with Gasteiger partial charge < -0.3 is 29.4 Å². The highest BCUT2D eigenvalue weighted by molar-refractivity contribution is 6.35. The van der Waals surface area contributed by atoms with Crippen LogP contribution in [0.3, 0.4) is 0 Å². The molecule has 4 aliphatic heterocycles. The summed E-state index contributed by atoms with van der Waals surface area (Å²) in [5, 5.41) is 10.6. The van der Waals surface area contributed by atoms with E-state index in [4.69, 9.17) is 21.3 Å². The zero-order valence-corrected chi connectivity index (χ0v) is 22.7. The molecule has 2 aromatic rings. The zero-order valence-electron chi connectivity index (χ0n) is 22.0. The van der Waals surface area contributed by atoms with Crippen LogP contribution in [0.4, 0.5) is 10.2 Å². The van der Waals surface area contributed by atoms with E-state index in [9.17, 15) is 14.7 Å². The lowest BCUT2D eigenvalue weighted by Gasteiger charge is -2.40. The number of hydrogen-bond donors (Lipinski definition) is 1. The van der Waals surface area contributed by atoms with E-state index in [0.29, 0.717) is 37.9 Å². The Balaban J connectivity index is 1.53. The largest absolute Gasteiger partial charge is 0.507 e. The van der Waals surface area contributed by atoms with Crippen molar-refractivity contribution in [1.29, 1.82) is 0 Å². The number of phenolic OH excluding ortho intramolecular Hbond substituents is 1. The number of anilines is 1. The first-order valence-electron chi connectivity index (χ1n) is 13.2. The van der Waals surface area contributed by atoms with Crippen LogP contribution in [0.2, 0.25) is 5.02 Å². The van der Waals surface area contributed by atoms with Crippen LogP contribution in [0.15, 0.2) is 30.9 Å². The Morgan fingerprint density at radius 3 is 2.82 bits per heavy atom. The number of pyridine rings is 1. The fourth-order valence-electron chi connectivity index (χ4n) is 6.79. The Morgan fingerprint density at radius 2 is 2.08 bits per heavy atom. The summed E-state index contributed by atoms with van der Waals surface area (Å²) in [6.07, 6.45) is 2.18. The first kappa shape index (κ1) is 25.9. The number of ether oxygens (including phenoxy) is 1. The highest BCUT2D eigenvalue weighted by atomic mass is 35.5. The molecule has 2 unspecified atom stereocenters. The number of carbonyl (C=O) groups is 2. The average Bonchev–Trinajstić information content (AvgIpc) is 3.31. The Kier molecular flexibility index (Phi) is 6.22. The molecule has 5 heterocycles. The van der Waals surface area contributed by atoms with Gasteiger partial charge in [0.1, 0.15) is 40.3 Å². The molecule has 0 aliphatic carbocycles. The van der Waals surface area contributed by atoms with E-state index in [-0.39, 0.29) is 57.3 Å². The molecule has 3 atom stereocenters. The lowest BCUT2D eigenvalue weighted by Crippen LogP contribution is -2.57. The number of halogens is 2. The standard InChI is InChI=1S/C28H31ClFN5O4/c1-4-20(37)33-10-11-34-17(13-33)14-39-25-22(27(34)38)26(35-9-8-16-12-32(3)15-28(16,35)2)31-24(23(25)29)21-18(30)6-5-7-19(21)36/h4-7,16-17,36H,1,8-15H2,2-3H3/t16?,17-,28?/m1/s1. The van der Waals surface area contributed by atoms with Gasteiger partial charge in [0.05, 0.1) is 17.1 Å². The van der Waals surface area contributed by atoms with E-state index < -0.39 is 11.9 Å². The second-order valence-electron chi connectivity index (χ2n) is 11.1. The van der Waals surface area contributed by atoms with Crippen molar-refractivity contribution in [3.8, 4) is 22.8 Å². The predicted octanol–water partition coefficient (Wildman–Crippen LogP) is 3.01. The van der Waals surface area contributed by atoms with Crippen LogP contribution in [0.5, 0.6) is 11.5 Å². The third-order valence-electron chi connectivity index (χ3n) is 8.74. The van der Waals surface area contributed by atoms with Crippen molar-refractivity contribution >= 4 is 29.2 Å². The van der Waals surface area contributed by atoms with Crippen molar-refractivity contribution in [3.63, 3.8) is 0 Å². The number of likely N-dealkylation sites (tertiary alicyclic amines) is 1. The van der Waals surface area contributed by atoms with Gasteiger partial charge in [0.25, 0.3) is 5.91 Å². The molecule has 9 nitrogen and oxygen atoms in total. The van der Waals surface area contributed by atoms with Crippen LogP contribution in [0, 0.1) is 11.7 Å². The van der Waals surface area contributed by atoms with Gasteiger partial charge >= 0.3 is 0 Å². The SMILES string of the molecule is C=CC(=O)N1CCN2C(=O)c3c(N4CCC5CN(C)CC54C)nc(-c4c(O)cccc4F)c(Cl)c3OC[C@H]2C1. The first-order valence-corrected chi connectivity index (χ1v) is 13.5. The Bertz CT molecular complexity index is 1370. The smallest absolute Gasteiger partial charge is 0.261 e. The molecule has 2 amide bonds. The van der Waals surface area contributed by atoms with Crippen LogP contribution < -0.4 is 9.64 Å². The molecule has 0 saturated carbocycles. The van der Waals surface area contributed by atoms with Crippen LogP contribution in [0.1, 0.15) is 23.7 Å². The van der Waals surface area contributed by atoms with Gasteiger partial charge in [-0.1, -0.05) is 24.2 Å². The highest BCUT2D eigenvalue weighted by Crippen LogP contribution is 2.50. The second-order valence-corrected chi connectivity index (χ2v) is 11.5. The molecular weight excluding hydrogens is 525 g/mol. The van der Waals surface area contributed by atoms with E-state index >= 15 is 4.39 Å². The lowest BCUT2D eigenvalue weighted by atomic mass is 9.90. The summed E-state index contributed by atoms with van der Waals surface area (Å²) in [5.74, 6) is -0.617. The third-order valence-corrected chi connectivity index (χ3v) is 9.09. The van der Waals surface area contributed by atoms with Crippen molar-refractivity contribution < 1.29 is 23.8 Å². The summed E-state index contributed by atoms with van der Waals surface area (Å²) in [6, 6.07) is 3.60. The summed E-state index contributed by atoms with van der Waals surface area (Å²) in [4.78, 5) is 39.2. The molecule has 0 spiro atoms. The molecule has 3 saturated heterocycles. The topological polar surface area (TPSA) is 89.5 Å². The van der Waals surface area contributed by atoms with Crippen molar-refractivity contribution in [3.05, 3.63) is 47.3 Å². The molecule has 1 N–H and O–H groups in total. The number of rotatable bonds is 3. The second kappa shape index (κ2) is 9.38. The van der Waals surface area contributed by atoms with Crippen LogP contribution in [0.25, 0.3) is 11.3 Å². The van der Waals surface area contributed by atoms with Gasteiger partial charge in [-0.25, -0.2) is 9.37 Å². The molecule has 39 heavy (non-hydrogen) atoms. The number of piperazine rings is 1. The molecular formula is C28H31ClFN5O4. The molecule has 6 rings (SSSR count). The van der Waals surface area contributed by atoms with Crippen molar-refractivity contribution in [2.75, 3.05) is 57.8 Å². The molecule has 3 fully saturated rings. The maximum absolute atomic E-state index is 15.1. The summed E-state index contributed by atoms with van der Waals surface area (Å²) < 4.78 is 21.4. The maximum Gasteiger partial charge on any atom is 0.261 e. The highest BCUT2D eigenvalue weighted by Gasteiger charge is 2.52. The minimum Gasteiger partial charge on any atom is -0.507 e. The summed E-state index contributed by atoms with van der Waals surface area (Å²) >= 11 is 6.85. The number of carbonyl (C=O) groups excluding carboxylic acids is 2. The number of fused-ring (bicyclic) bond motifs is 3. The van der Waals surface area contributed by atoms with Gasteiger partial charge in [0.2, 0.25) is 5.91 Å². The maximum atomic E-state index is 15.1. The Morgan fingerprint density at radius 1 is 1.28 bits per heavy atom. The van der Waals surface area contributed by atoms with Gasteiger partial charge in [-0.15, -0.1) is 0 Å². The number of amides is 2. The lowest BCUT2D eigenvalue weighted by molar-refractivity contribution is -0.128. The van der Waals surface area contributed by atoms with Crippen molar-refractivity contribution in [2.24, 2.45) is 5.92 Å². The fraction of sp³-hybridized carbons (Fsp3) is 0.464. The molecule has 0 bridgehead atoms. The number of aromatic nitrogens is 1. The zero-order chi connectivity index (χ0) is 27.6. The minimum absolute atomic E-state index is 0.0237. The molecule has 11 heteroatoms. The van der Waals surface area contributed by atoms with Crippen molar-refractivity contribution in [2.45, 2.75) is 24.9 Å². The monoisotopic (exact) mass is 555 g/mol. The molecule has 1 aromatic heterocycles. The molecule has 206 valence electrons. The summed E-state index contributed by atoms with van der Waals surface area (Å²) in [7, 11) is 2.07. The number of aromatic hydroxyl groups is 1. The fourth-order valence-corrected chi connectivity index (χ4v) is 7.08. The Hall–Kier alpha value is -3.37. The van der Waals surface area contributed by atoms with E-state index in [1.807, 2.05) is 0 Å². The summed E-state index contributed by atoms with van der Waals surface area (Å²) in [6.45, 7) is 9.18. The summed E-state index contributed by atoms with van der Waals surface area (Å²) in [5.41, 5.74) is -0.187. The van der Waals surface area contributed by atoms with E-state index in [1.54, 1.807) is 9.80 Å². The number of hydrogen-bond acceptors (Lipinski definition) is 7. The van der Waals surface area contributed by atoms with Gasteiger partial charge in [0, 0.05) is 39.3 Å². The molecule has 0 radical (unpaired) electrons.